The molecule has 0 spiro atoms. The maximum absolute atomic E-state index is 13.0. The largest absolute Gasteiger partial charge is 0.496 e. The van der Waals surface area contributed by atoms with E-state index < -0.39 is 29.0 Å². The van der Waals surface area contributed by atoms with E-state index in [1.807, 2.05) is 32.9 Å². The molecule has 0 bridgehead atoms. The maximum atomic E-state index is 13.0. The van der Waals surface area contributed by atoms with Crippen LogP contribution in [-0.4, -0.2) is 124 Å². The van der Waals surface area contributed by atoms with Gasteiger partial charge >= 0.3 is 23.9 Å². The number of methoxy groups -OCH3 is 1. The fourth-order valence-corrected chi connectivity index (χ4v) is 6.05. The molecule has 0 radical (unpaired) electrons. The zero-order chi connectivity index (χ0) is 36.6. The van der Waals surface area contributed by atoms with E-state index in [-0.39, 0.29) is 50.0 Å². The van der Waals surface area contributed by atoms with Crippen molar-refractivity contribution in [2.45, 2.75) is 77.5 Å². The average molecular weight is 699 g/mol. The predicted octanol–water partition coefficient (Wildman–Crippen LogP) is 2.89. The molecule has 1 aromatic heterocycles. The van der Waals surface area contributed by atoms with E-state index in [1.54, 1.807) is 13.2 Å². The number of alkyl carbamates (subject to hydrolysis) is 1. The molecule has 2 saturated heterocycles. The number of amides is 5. The Morgan fingerprint density at radius 1 is 0.960 bits per heavy atom. The van der Waals surface area contributed by atoms with Crippen LogP contribution in [-0.2, 0) is 16.0 Å². The number of rotatable bonds is 9. The first-order chi connectivity index (χ1) is 23.5. The Kier molecular flexibility index (Phi) is 12.3. The van der Waals surface area contributed by atoms with Crippen molar-refractivity contribution in [1.82, 2.24) is 34.9 Å². The van der Waals surface area contributed by atoms with E-state index in [9.17, 15) is 24.0 Å². The molecule has 1 aromatic carbocycles. The number of urea groups is 1. The Labute approximate surface area is 292 Å². The monoisotopic (exact) mass is 698 g/mol. The highest BCUT2D eigenvalue weighted by Crippen LogP contribution is 2.24. The average Bonchev–Trinajstić information content (AvgIpc) is 3.26. The summed E-state index contributed by atoms with van der Waals surface area (Å²) in [4.78, 5) is 71.4. The van der Waals surface area contributed by atoms with Gasteiger partial charge in [0.2, 0.25) is 5.91 Å². The normalized spacial score (nSPS) is 17.4. The molecular formula is C34H50N8O8. The lowest BCUT2D eigenvalue weighted by Crippen LogP contribution is -2.60. The van der Waals surface area contributed by atoms with Crippen LogP contribution in [0.15, 0.2) is 35.3 Å². The summed E-state index contributed by atoms with van der Waals surface area (Å²) in [6.07, 6.45) is 3.30. The second kappa shape index (κ2) is 16.2. The first-order valence-electron chi connectivity index (χ1n) is 16.9. The molecule has 1 unspecified atom stereocenters. The van der Waals surface area contributed by atoms with Crippen molar-refractivity contribution in [1.29, 1.82) is 0 Å². The topological polar surface area (TPSA) is 188 Å². The summed E-state index contributed by atoms with van der Waals surface area (Å²) in [5.74, 6) is 0.355. The van der Waals surface area contributed by atoms with Crippen LogP contribution in [0.2, 0.25) is 0 Å². The zero-order valence-corrected chi connectivity index (χ0v) is 29.8. The molecule has 4 rings (SSSR count). The molecule has 274 valence electrons. The number of carbonyl (C=O) groups is 4. The minimum atomic E-state index is -1.30. The summed E-state index contributed by atoms with van der Waals surface area (Å²) in [6.45, 7) is 12.0. The SMILES string of the molecule is COc1cc(-n2ccc(NC(=O)N3CCN(C(=O)C(C)(C)NC(=O)O)CC3)nc2=O)ccc1CCN1CCCC(NC(=O)OC(C)(C)C)CC1. The minimum absolute atomic E-state index is 0.0758. The minimum Gasteiger partial charge on any atom is -0.496 e. The number of hydrogen-bond acceptors (Lipinski definition) is 9. The summed E-state index contributed by atoms with van der Waals surface area (Å²) in [5.41, 5.74) is -0.851. The lowest BCUT2D eigenvalue weighted by molar-refractivity contribution is -0.138. The van der Waals surface area contributed by atoms with E-state index in [4.69, 9.17) is 14.6 Å². The van der Waals surface area contributed by atoms with Crippen molar-refractivity contribution in [2.75, 3.05) is 58.2 Å². The standard InChI is InChI=1S/C34H50N8O8/c1-33(2,3)50-32(48)35-24-8-7-14-39(16-12-24)15-11-23-9-10-25(22-26(23)49-6)42-17-13-27(37-30(42)45)36-29(44)41-20-18-40(19-21-41)28(43)34(4,5)38-31(46)47/h9-10,13,17,22,24,38H,7-8,11-12,14-16,18-21H2,1-6H3,(H,35,48)(H,46,47)(H,36,37,44,45). The van der Waals surface area contributed by atoms with Crippen LogP contribution in [0, 0.1) is 0 Å². The van der Waals surface area contributed by atoms with Gasteiger partial charge in [-0.3, -0.25) is 14.7 Å². The van der Waals surface area contributed by atoms with Crippen molar-refractivity contribution >= 4 is 29.9 Å². The molecule has 2 aliphatic heterocycles. The van der Waals surface area contributed by atoms with Crippen molar-refractivity contribution in [3.05, 3.63) is 46.5 Å². The van der Waals surface area contributed by atoms with Crippen LogP contribution in [0.3, 0.4) is 0 Å². The molecule has 5 amide bonds. The van der Waals surface area contributed by atoms with Crippen molar-refractivity contribution in [3.63, 3.8) is 0 Å². The Morgan fingerprint density at radius 3 is 2.30 bits per heavy atom. The van der Waals surface area contributed by atoms with Crippen LogP contribution in [0.25, 0.3) is 5.69 Å². The third-order valence-corrected chi connectivity index (χ3v) is 8.63. The van der Waals surface area contributed by atoms with E-state index in [1.165, 1.54) is 40.5 Å². The summed E-state index contributed by atoms with van der Waals surface area (Å²) in [7, 11) is 1.59. The van der Waals surface area contributed by atoms with Gasteiger partial charge in [-0.1, -0.05) is 6.07 Å². The van der Waals surface area contributed by atoms with Gasteiger partial charge in [-0.15, -0.1) is 0 Å². The zero-order valence-electron chi connectivity index (χ0n) is 29.8. The molecule has 4 N–H and O–H groups in total. The van der Waals surface area contributed by atoms with Gasteiger partial charge in [0, 0.05) is 57.6 Å². The number of hydrogen-bond donors (Lipinski definition) is 4. The van der Waals surface area contributed by atoms with Gasteiger partial charge in [-0.2, -0.15) is 4.98 Å². The summed E-state index contributed by atoms with van der Waals surface area (Å²) >= 11 is 0. The van der Waals surface area contributed by atoms with Crippen molar-refractivity contribution < 1.29 is 33.8 Å². The highest BCUT2D eigenvalue weighted by atomic mass is 16.6. The number of aromatic nitrogens is 2. The van der Waals surface area contributed by atoms with Gasteiger partial charge in [0.1, 0.15) is 22.7 Å². The number of nitrogens with one attached hydrogen (secondary N) is 3. The lowest BCUT2D eigenvalue weighted by Gasteiger charge is -2.38. The number of ether oxygens (including phenoxy) is 2. The molecule has 2 aromatic rings. The Bertz CT molecular complexity index is 1600. The molecule has 50 heavy (non-hydrogen) atoms. The smallest absolute Gasteiger partial charge is 0.407 e. The fourth-order valence-electron chi connectivity index (χ4n) is 6.05. The lowest BCUT2D eigenvalue weighted by atomic mass is 10.0. The van der Waals surface area contributed by atoms with Gasteiger partial charge in [0.25, 0.3) is 0 Å². The number of piperazine rings is 1. The number of benzene rings is 1. The second-order valence-corrected chi connectivity index (χ2v) is 14.1. The molecule has 16 heteroatoms. The first-order valence-corrected chi connectivity index (χ1v) is 16.9. The van der Waals surface area contributed by atoms with Gasteiger partial charge in [0.15, 0.2) is 0 Å². The number of anilines is 1. The third-order valence-electron chi connectivity index (χ3n) is 8.63. The molecule has 16 nitrogen and oxygen atoms in total. The first kappa shape index (κ1) is 38.0. The Morgan fingerprint density at radius 2 is 1.66 bits per heavy atom. The van der Waals surface area contributed by atoms with Gasteiger partial charge < -0.3 is 39.9 Å². The molecule has 0 saturated carbocycles. The molecule has 2 fully saturated rings. The van der Waals surface area contributed by atoms with E-state index in [2.05, 4.69) is 25.8 Å². The van der Waals surface area contributed by atoms with Crippen molar-refractivity contribution in [2.24, 2.45) is 0 Å². The third kappa shape index (κ3) is 10.6. The number of carbonyl (C=O) groups excluding carboxylic acids is 3. The van der Waals surface area contributed by atoms with Crippen LogP contribution < -0.4 is 26.4 Å². The fraction of sp³-hybridized carbons (Fsp3) is 0.588. The van der Waals surface area contributed by atoms with E-state index in [0.29, 0.717) is 11.4 Å². The number of likely N-dealkylation sites (tertiary alicyclic amines) is 1. The molecule has 0 aliphatic carbocycles. The van der Waals surface area contributed by atoms with Crippen LogP contribution >= 0.6 is 0 Å². The maximum Gasteiger partial charge on any atom is 0.407 e. The predicted molar refractivity (Wildman–Crippen MR) is 186 cm³/mol. The van der Waals surface area contributed by atoms with Crippen LogP contribution in [0.4, 0.5) is 20.2 Å². The van der Waals surface area contributed by atoms with Gasteiger partial charge in [-0.05, 0) is 84.5 Å². The van der Waals surface area contributed by atoms with Crippen LogP contribution in [0.5, 0.6) is 5.75 Å². The summed E-state index contributed by atoms with van der Waals surface area (Å²) < 4.78 is 12.5. The van der Waals surface area contributed by atoms with Crippen LogP contribution in [0.1, 0.15) is 59.4 Å². The Hall–Kier alpha value is -4.86. The molecule has 1 atom stereocenters. The molecule has 3 heterocycles. The summed E-state index contributed by atoms with van der Waals surface area (Å²) in [6, 6.07) is 6.69. The number of nitrogens with zero attached hydrogens (tertiary/aromatic N) is 5. The highest BCUT2D eigenvalue weighted by Gasteiger charge is 2.35. The highest BCUT2D eigenvalue weighted by molar-refractivity contribution is 5.90. The molecule has 2 aliphatic rings. The molecular weight excluding hydrogens is 648 g/mol. The Balaban J connectivity index is 1.29. The van der Waals surface area contributed by atoms with E-state index >= 15 is 0 Å². The summed E-state index contributed by atoms with van der Waals surface area (Å²) in [5, 5.41) is 16.9. The van der Waals surface area contributed by atoms with Crippen molar-refractivity contribution in [3.8, 4) is 11.4 Å². The number of carboxylic acid groups (broad SMARTS) is 1. The van der Waals surface area contributed by atoms with E-state index in [0.717, 1.165) is 50.9 Å². The van der Waals surface area contributed by atoms with Gasteiger partial charge in [-0.25, -0.2) is 19.2 Å². The van der Waals surface area contributed by atoms with Gasteiger partial charge in [0.05, 0.1) is 12.8 Å². The second-order valence-electron chi connectivity index (χ2n) is 14.1. The quantitative estimate of drug-likeness (QED) is 0.303.